The molecule has 198 valence electrons. The number of pyridine rings is 3. The summed E-state index contributed by atoms with van der Waals surface area (Å²) in [7, 11) is 0. The van der Waals surface area contributed by atoms with Crippen LogP contribution in [0.15, 0.2) is 56.6 Å². The number of nitroso groups, excluding NO2 is 1. The van der Waals surface area contributed by atoms with Crippen LogP contribution in [0.2, 0.25) is 0 Å². The average molecular weight is 516 g/mol. The Hall–Kier alpha value is -4.38. The molecular weight excluding hydrogens is 482 g/mol. The van der Waals surface area contributed by atoms with Gasteiger partial charge in [-0.3, -0.25) is 19.9 Å². The van der Waals surface area contributed by atoms with Gasteiger partial charge in [0.1, 0.15) is 28.5 Å². The van der Waals surface area contributed by atoms with E-state index in [4.69, 9.17) is 5.73 Å². The maximum Gasteiger partial charge on any atom is 0.142 e. The second-order valence-electron chi connectivity index (χ2n) is 8.68. The Kier molecular flexibility index (Phi) is 10.7. The summed E-state index contributed by atoms with van der Waals surface area (Å²) in [6, 6.07) is 10.4. The molecule has 0 fully saturated rings. The van der Waals surface area contributed by atoms with Gasteiger partial charge < -0.3 is 10.8 Å². The van der Waals surface area contributed by atoms with Crippen LogP contribution in [0, 0.1) is 25.7 Å². The molecule has 0 spiro atoms. The monoisotopic (exact) mass is 515 g/mol. The maximum atomic E-state index is 11.0. The standard InChI is InChI=1S/C27H33N9O2/c1-19-4-7-22(28)24(32-19)16-29-10-13-36(15-12-31-18-26-27(37)9-6-21(3)34-26)14-11-30-17-25-23(35-38)8-5-20(2)33-25/h4-9,16-18,37H,10-15,28H2,1-3H3. The van der Waals surface area contributed by atoms with E-state index in [1.165, 1.54) is 0 Å². The van der Waals surface area contributed by atoms with E-state index in [9.17, 15) is 10.0 Å². The molecule has 3 heterocycles. The molecule has 3 N–H and O–H groups in total. The normalized spacial score (nSPS) is 11.9. The van der Waals surface area contributed by atoms with E-state index in [-0.39, 0.29) is 11.4 Å². The summed E-state index contributed by atoms with van der Waals surface area (Å²) in [5.74, 6) is 0.0952. The maximum absolute atomic E-state index is 11.0. The molecular formula is C27H33N9O2. The van der Waals surface area contributed by atoms with Crippen LogP contribution >= 0.6 is 0 Å². The highest BCUT2D eigenvalue weighted by Crippen LogP contribution is 2.15. The topological polar surface area (TPSA) is 155 Å². The molecule has 3 aromatic rings. The van der Waals surface area contributed by atoms with Crippen molar-refractivity contribution in [2.24, 2.45) is 20.2 Å². The van der Waals surface area contributed by atoms with Crippen molar-refractivity contribution in [3.8, 4) is 5.75 Å². The molecule has 3 rings (SSSR count). The number of hydrogen-bond donors (Lipinski definition) is 2. The highest BCUT2D eigenvalue weighted by Gasteiger charge is 2.06. The molecule has 0 saturated heterocycles. The van der Waals surface area contributed by atoms with Crippen LogP contribution < -0.4 is 5.73 Å². The Morgan fingerprint density at radius 3 is 1.82 bits per heavy atom. The van der Waals surface area contributed by atoms with Crippen molar-refractivity contribution < 1.29 is 5.11 Å². The summed E-state index contributed by atoms with van der Waals surface area (Å²) in [6.07, 6.45) is 4.86. The lowest BCUT2D eigenvalue weighted by Gasteiger charge is -2.19. The molecule has 11 heteroatoms. The molecule has 0 unspecified atom stereocenters. The molecule has 0 amide bonds. The van der Waals surface area contributed by atoms with Gasteiger partial charge in [0.05, 0.1) is 31.5 Å². The zero-order chi connectivity index (χ0) is 27.3. The Morgan fingerprint density at radius 2 is 1.21 bits per heavy atom. The van der Waals surface area contributed by atoms with E-state index >= 15 is 0 Å². The van der Waals surface area contributed by atoms with Gasteiger partial charge in [-0.25, -0.2) is 15.0 Å². The Labute approximate surface area is 222 Å². The predicted octanol–water partition coefficient (Wildman–Crippen LogP) is 3.44. The van der Waals surface area contributed by atoms with Crippen LogP contribution in [0.5, 0.6) is 5.75 Å². The fourth-order valence-corrected chi connectivity index (χ4v) is 3.48. The third-order valence-corrected chi connectivity index (χ3v) is 5.55. The van der Waals surface area contributed by atoms with Gasteiger partial charge in [0, 0.05) is 49.1 Å². The summed E-state index contributed by atoms with van der Waals surface area (Å²) in [5, 5.41) is 13.0. The quantitative estimate of drug-likeness (QED) is 0.261. The molecule has 0 aliphatic heterocycles. The molecule has 0 aliphatic rings. The minimum Gasteiger partial charge on any atom is -0.506 e. The molecule has 38 heavy (non-hydrogen) atoms. The lowest BCUT2D eigenvalue weighted by Crippen LogP contribution is -2.31. The number of rotatable bonds is 13. The van der Waals surface area contributed by atoms with E-state index in [1.807, 2.05) is 32.9 Å². The number of aryl methyl sites for hydroxylation is 3. The first kappa shape index (κ1) is 28.2. The van der Waals surface area contributed by atoms with Gasteiger partial charge in [-0.1, -0.05) is 0 Å². The highest BCUT2D eigenvalue weighted by molar-refractivity contribution is 5.84. The van der Waals surface area contributed by atoms with Gasteiger partial charge in [-0.2, -0.15) is 0 Å². The van der Waals surface area contributed by atoms with Crippen molar-refractivity contribution >= 4 is 30.0 Å². The van der Waals surface area contributed by atoms with E-state index in [2.05, 4.69) is 40.0 Å². The van der Waals surface area contributed by atoms with Crippen LogP contribution in [0.3, 0.4) is 0 Å². The second-order valence-corrected chi connectivity index (χ2v) is 8.68. The second kappa shape index (κ2) is 14.4. The summed E-state index contributed by atoms with van der Waals surface area (Å²) in [6.45, 7) is 9.14. The van der Waals surface area contributed by atoms with Crippen molar-refractivity contribution in [1.29, 1.82) is 0 Å². The number of aromatic nitrogens is 3. The lowest BCUT2D eigenvalue weighted by molar-refractivity contribution is 0.298. The largest absolute Gasteiger partial charge is 0.506 e. The van der Waals surface area contributed by atoms with E-state index in [1.54, 1.807) is 42.9 Å². The zero-order valence-corrected chi connectivity index (χ0v) is 21.9. The van der Waals surface area contributed by atoms with Crippen molar-refractivity contribution in [2.75, 3.05) is 45.0 Å². The average Bonchev–Trinajstić information content (AvgIpc) is 2.90. The van der Waals surface area contributed by atoms with E-state index in [0.717, 1.165) is 17.1 Å². The third kappa shape index (κ3) is 8.93. The zero-order valence-electron chi connectivity index (χ0n) is 21.9. The van der Waals surface area contributed by atoms with Crippen LogP contribution in [0.1, 0.15) is 34.2 Å². The number of nitrogen functional groups attached to an aromatic ring is 1. The van der Waals surface area contributed by atoms with Crippen LogP contribution in [-0.2, 0) is 0 Å². The molecule has 0 bridgehead atoms. The SMILES string of the molecule is Cc1ccc(N)c(C=NCCN(CCN=Cc2nc(C)ccc2O)CCN=Cc2nc(C)ccc2N=O)n1. The fourth-order valence-electron chi connectivity index (χ4n) is 3.48. The van der Waals surface area contributed by atoms with Crippen LogP contribution in [0.4, 0.5) is 11.4 Å². The number of hydrogen-bond acceptors (Lipinski definition) is 11. The van der Waals surface area contributed by atoms with Crippen molar-refractivity contribution in [3.05, 3.63) is 75.5 Å². The highest BCUT2D eigenvalue weighted by atomic mass is 16.3. The van der Waals surface area contributed by atoms with E-state index in [0.29, 0.717) is 62.0 Å². The number of nitrogens with two attached hydrogens (primary N) is 1. The first-order valence-corrected chi connectivity index (χ1v) is 12.3. The number of anilines is 1. The van der Waals surface area contributed by atoms with Gasteiger partial charge in [0.25, 0.3) is 0 Å². The first-order valence-electron chi connectivity index (χ1n) is 12.3. The van der Waals surface area contributed by atoms with E-state index < -0.39 is 0 Å². The molecule has 11 nitrogen and oxygen atoms in total. The molecule has 3 aromatic heterocycles. The fraction of sp³-hybridized carbons (Fsp3) is 0.333. The molecule has 0 radical (unpaired) electrons. The Morgan fingerprint density at radius 1 is 0.737 bits per heavy atom. The molecule has 0 aromatic carbocycles. The number of aliphatic imine (C=N–C) groups is 3. The third-order valence-electron chi connectivity index (χ3n) is 5.55. The first-order chi connectivity index (χ1) is 18.4. The van der Waals surface area contributed by atoms with Gasteiger partial charge in [-0.05, 0) is 62.3 Å². The van der Waals surface area contributed by atoms with Crippen LogP contribution in [0.25, 0.3) is 0 Å². The summed E-state index contributed by atoms with van der Waals surface area (Å²) >= 11 is 0. The van der Waals surface area contributed by atoms with Gasteiger partial charge in [-0.15, -0.1) is 4.91 Å². The van der Waals surface area contributed by atoms with Gasteiger partial charge in [0.2, 0.25) is 0 Å². The Bertz CT molecular complexity index is 1260. The van der Waals surface area contributed by atoms with Crippen molar-refractivity contribution in [3.63, 3.8) is 0 Å². The summed E-state index contributed by atoms with van der Waals surface area (Å²) in [4.78, 5) is 39.7. The minimum absolute atomic E-state index is 0.0952. The number of nitrogens with zero attached hydrogens (tertiary/aromatic N) is 8. The van der Waals surface area contributed by atoms with Crippen molar-refractivity contribution in [1.82, 2.24) is 19.9 Å². The minimum atomic E-state index is 0.0952. The number of aromatic hydroxyl groups is 1. The Balaban J connectivity index is 1.60. The lowest BCUT2D eigenvalue weighted by atomic mass is 10.3. The summed E-state index contributed by atoms with van der Waals surface area (Å²) in [5.41, 5.74) is 10.9. The molecule has 0 saturated carbocycles. The molecule has 0 atom stereocenters. The van der Waals surface area contributed by atoms with Crippen LogP contribution in [-0.4, -0.2) is 82.9 Å². The van der Waals surface area contributed by atoms with Gasteiger partial charge in [0.15, 0.2) is 0 Å². The summed E-state index contributed by atoms with van der Waals surface area (Å²) < 4.78 is 0. The van der Waals surface area contributed by atoms with Crippen molar-refractivity contribution in [2.45, 2.75) is 20.8 Å². The predicted molar refractivity (Wildman–Crippen MR) is 152 cm³/mol. The van der Waals surface area contributed by atoms with Gasteiger partial charge >= 0.3 is 0 Å². The molecule has 0 aliphatic carbocycles. The smallest absolute Gasteiger partial charge is 0.142 e.